The lowest BCUT2D eigenvalue weighted by atomic mass is 10.1. The molecule has 0 heterocycles. The van der Waals surface area contributed by atoms with E-state index in [0.29, 0.717) is 0 Å². The van der Waals surface area contributed by atoms with Gasteiger partial charge in [0, 0.05) is 13.1 Å². The van der Waals surface area contributed by atoms with E-state index >= 15 is 0 Å². The molecule has 0 rings (SSSR count). The highest BCUT2D eigenvalue weighted by molar-refractivity contribution is 5.85. The van der Waals surface area contributed by atoms with Crippen molar-refractivity contribution in [2.45, 2.75) is 154 Å². The van der Waals surface area contributed by atoms with E-state index in [2.05, 4.69) is 24.5 Å². The van der Waals surface area contributed by atoms with Crippen LogP contribution in [0.3, 0.4) is 0 Å². The largest absolute Gasteiger partial charge is 0.392 e. The van der Waals surface area contributed by atoms with Crippen molar-refractivity contribution >= 4 is 24.8 Å². The van der Waals surface area contributed by atoms with E-state index in [-0.39, 0.29) is 37.0 Å². The van der Waals surface area contributed by atoms with Gasteiger partial charge in [0.05, 0.1) is 12.2 Å². The van der Waals surface area contributed by atoms with Gasteiger partial charge in [-0.15, -0.1) is 24.8 Å². The molecule has 0 aromatic heterocycles. The van der Waals surface area contributed by atoms with Crippen molar-refractivity contribution in [2.75, 3.05) is 26.2 Å². The minimum atomic E-state index is -0.178. The van der Waals surface area contributed by atoms with Crippen LogP contribution in [0.1, 0.15) is 142 Å². The van der Waals surface area contributed by atoms with Crippen molar-refractivity contribution in [1.82, 2.24) is 10.6 Å². The SMILES string of the molecule is CCCCCCCCCC(O)CNCCCCCCNCC(O)CCCCCCCCC.Cl.Cl. The summed E-state index contributed by atoms with van der Waals surface area (Å²) in [6.45, 7) is 8.03. The van der Waals surface area contributed by atoms with Gasteiger partial charge >= 0.3 is 0 Å². The number of nitrogens with one attached hydrogen (secondary N) is 2. The van der Waals surface area contributed by atoms with Crippen molar-refractivity contribution in [1.29, 1.82) is 0 Å². The summed E-state index contributed by atoms with van der Waals surface area (Å²) >= 11 is 0. The zero-order chi connectivity index (χ0) is 23.5. The molecule has 2 atom stereocenters. The normalized spacial score (nSPS) is 12.7. The number of unbranched alkanes of at least 4 members (excludes halogenated alkanes) is 15. The van der Waals surface area contributed by atoms with Crippen LogP contribution < -0.4 is 10.6 Å². The first-order valence-electron chi connectivity index (χ1n) is 14.5. The standard InChI is InChI=1S/C28H60N2O2.2ClH/c1-3-5-7-9-11-13-17-21-27(31)25-29-23-19-15-16-20-24-30-26-28(32)22-18-14-12-10-8-6-4-2;;/h27-32H,3-26H2,1-2H3;2*1H. The van der Waals surface area contributed by atoms with Crippen LogP contribution in [0.2, 0.25) is 0 Å². The lowest BCUT2D eigenvalue weighted by molar-refractivity contribution is 0.157. The zero-order valence-corrected chi connectivity index (χ0v) is 24.5. The summed E-state index contributed by atoms with van der Waals surface area (Å²) in [5.74, 6) is 0. The van der Waals surface area contributed by atoms with Gasteiger partial charge in [-0.1, -0.05) is 117 Å². The molecule has 0 saturated carbocycles. The van der Waals surface area contributed by atoms with Gasteiger partial charge in [-0.05, 0) is 38.8 Å². The predicted molar refractivity (Wildman–Crippen MR) is 156 cm³/mol. The van der Waals surface area contributed by atoms with Crippen molar-refractivity contribution in [3.8, 4) is 0 Å². The smallest absolute Gasteiger partial charge is 0.0664 e. The summed E-state index contributed by atoms with van der Waals surface area (Å²) in [5.41, 5.74) is 0. The number of aliphatic hydroxyl groups excluding tert-OH is 2. The molecule has 4 nitrogen and oxygen atoms in total. The molecule has 0 fully saturated rings. The summed E-state index contributed by atoms with van der Waals surface area (Å²) in [5, 5.41) is 26.9. The maximum Gasteiger partial charge on any atom is 0.0664 e. The highest BCUT2D eigenvalue weighted by Gasteiger charge is 2.04. The molecule has 210 valence electrons. The van der Waals surface area contributed by atoms with Crippen LogP contribution in [0.5, 0.6) is 0 Å². The third-order valence-corrected chi connectivity index (χ3v) is 6.50. The van der Waals surface area contributed by atoms with E-state index < -0.39 is 0 Å². The molecular weight excluding hydrogens is 467 g/mol. The molecule has 0 aliphatic carbocycles. The fourth-order valence-corrected chi connectivity index (χ4v) is 4.27. The summed E-state index contributed by atoms with van der Waals surface area (Å²) in [7, 11) is 0. The van der Waals surface area contributed by atoms with E-state index in [1.807, 2.05) is 0 Å². The molecule has 2 unspecified atom stereocenters. The Bertz CT molecular complexity index is 320. The molecular formula is C28H62Cl2N2O2. The van der Waals surface area contributed by atoms with Gasteiger partial charge in [0.15, 0.2) is 0 Å². The van der Waals surface area contributed by atoms with Crippen molar-refractivity contribution in [3.63, 3.8) is 0 Å². The minimum absolute atomic E-state index is 0. The van der Waals surface area contributed by atoms with Crippen LogP contribution in [-0.2, 0) is 0 Å². The third-order valence-electron chi connectivity index (χ3n) is 6.50. The van der Waals surface area contributed by atoms with Gasteiger partial charge in [0.25, 0.3) is 0 Å². The van der Waals surface area contributed by atoms with Crippen LogP contribution >= 0.6 is 24.8 Å². The number of rotatable bonds is 27. The second-order valence-corrected chi connectivity index (χ2v) is 9.95. The topological polar surface area (TPSA) is 64.5 Å². The lowest BCUT2D eigenvalue weighted by Crippen LogP contribution is -2.28. The quantitative estimate of drug-likeness (QED) is 0.0829. The lowest BCUT2D eigenvalue weighted by Gasteiger charge is -2.12. The van der Waals surface area contributed by atoms with Crippen LogP contribution in [0.4, 0.5) is 0 Å². The molecule has 0 aromatic carbocycles. The maximum atomic E-state index is 10.1. The Kier molecular flexibility index (Phi) is 38.3. The van der Waals surface area contributed by atoms with E-state index in [1.54, 1.807) is 0 Å². The predicted octanol–water partition coefficient (Wildman–Crippen LogP) is 7.57. The Hall–Kier alpha value is 0.420. The molecule has 0 bridgehead atoms. The third kappa shape index (κ3) is 32.4. The van der Waals surface area contributed by atoms with Crippen molar-refractivity contribution < 1.29 is 10.2 Å². The Labute approximate surface area is 226 Å². The molecule has 0 aliphatic rings. The summed E-state index contributed by atoms with van der Waals surface area (Å²) in [4.78, 5) is 0. The molecule has 4 N–H and O–H groups in total. The highest BCUT2D eigenvalue weighted by Crippen LogP contribution is 2.10. The fourth-order valence-electron chi connectivity index (χ4n) is 4.27. The van der Waals surface area contributed by atoms with E-state index in [0.717, 1.165) is 51.9 Å². The zero-order valence-electron chi connectivity index (χ0n) is 22.8. The van der Waals surface area contributed by atoms with Crippen molar-refractivity contribution in [2.24, 2.45) is 0 Å². The number of halogens is 2. The van der Waals surface area contributed by atoms with Crippen LogP contribution in [0, 0.1) is 0 Å². The molecule has 0 aromatic rings. The molecule has 0 saturated heterocycles. The number of hydrogen-bond donors (Lipinski definition) is 4. The summed E-state index contributed by atoms with van der Waals surface area (Å²) in [6.07, 6.45) is 24.7. The monoisotopic (exact) mass is 528 g/mol. The molecule has 0 amide bonds. The van der Waals surface area contributed by atoms with Crippen LogP contribution in [-0.4, -0.2) is 48.6 Å². The van der Waals surface area contributed by atoms with Crippen LogP contribution in [0.15, 0.2) is 0 Å². The first-order valence-corrected chi connectivity index (χ1v) is 14.5. The molecule has 0 radical (unpaired) electrons. The summed E-state index contributed by atoms with van der Waals surface area (Å²) < 4.78 is 0. The number of aliphatic hydroxyl groups is 2. The van der Waals surface area contributed by atoms with Gasteiger partial charge < -0.3 is 20.8 Å². The van der Waals surface area contributed by atoms with E-state index in [4.69, 9.17) is 0 Å². The van der Waals surface area contributed by atoms with Gasteiger partial charge in [-0.25, -0.2) is 0 Å². The Morgan fingerprint density at radius 1 is 0.441 bits per heavy atom. The van der Waals surface area contributed by atoms with Crippen LogP contribution in [0.25, 0.3) is 0 Å². The number of hydrogen-bond acceptors (Lipinski definition) is 4. The first-order chi connectivity index (χ1) is 15.7. The van der Waals surface area contributed by atoms with Gasteiger partial charge in [0.1, 0.15) is 0 Å². The molecule has 0 aliphatic heterocycles. The second kappa shape index (κ2) is 33.4. The molecule has 34 heavy (non-hydrogen) atoms. The van der Waals surface area contributed by atoms with E-state index in [1.165, 1.54) is 103 Å². The van der Waals surface area contributed by atoms with Gasteiger partial charge in [-0.3, -0.25) is 0 Å². The highest BCUT2D eigenvalue weighted by atomic mass is 35.5. The Balaban J connectivity index is -0.00000480. The second-order valence-electron chi connectivity index (χ2n) is 9.95. The first kappa shape index (κ1) is 38.9. The Morgan fingerprint density at radius 3 is 1.09 bits per heavy atom. The molecule has 0 spiro atoms. The maximum absolute atomic E-state index is 10.1. The fraction of sp³-hybridized carbons (Fsp3) is 1.00. The van der Waals surface area contributed by atoms with Crippen molar-refractivity contribution in [3.05, 3.63) is 0 Å². The Morgan fingerprint density at radius 2 is 0.735 bits per heavy atom. The average molecular weight is 530 g/mol. The van der Waals surface area contributed by atoms with E-state index in [9.17, 15) is 10.2 Å². The van der Waals surface area contributed by atoms with Gasteiger partial charge in [0.2, 0.25) is 0 Å². The molecule has 6 heteroatoms. The van der Waals surface area contributed by atoms with Gasteiger partial charge in [-0.2, -0.15) is 0 Å². The summed E-state index contributed by atoms with van der Waals surface area (Å²) in [6, 6.07) is 0. The minimum Gasteiger partial charge on any atom is -0.392 e. The average Bonchev–Trinajstić information content (AvgIpc) is 2.79.